The lowest BCUT2D eigenvalue weighted by Crippen LogP contribution is -2.27. The maximum atomic E-state index is 13.1. The van der Waals surface area contributed by atoms with Crippen LogP contribution in [-0.2, 0) is 0 Å². The molecule has 15 heavy (non-hydrogen) atoms. The molecule has 1 aromatic rings. The van der Waals surface area contributed by atoms with E-state index in [4.69, 9.17) is 0 Å². The molecule has 3 heteroatoms. The van der Waals surface area contributed by atoms with E-state index in [-0.39, 0.29) is 18.0 Å². The van der Waals surface area contributed by atoms with E-state index in [1.807, 2.05) is 13.0 Å². The molecule has 1 aliphatic carbocycles. The number of aryl methyl sites for hydroxylation is 1. The zero-order valence-corrected chi connectivity index (χ0v) is 8.83. The van der Waals surface area contributed by atoms with Crippen LogP contribution in [-0.4, -0.2) is 17.3 Å². The highest BCUT2D eigenvalue weighted by Crippen LogP contribution is 2.23. The Morgan fingerprint density at radius 2 is 2.13 bits per heavy atom. The Morgan fingerprint density at radius 1 is 1.33 bits per heavy atom. The molecule has 1 fully saturated rings. The fourth-order valence-electron chi connectivity index (χ4n) is 2.14. The summed E-state index contributed by atoms with van der Waals surface area (Å²) in [4.78, 5) is 0. The summed E-state index contributed by atoms with van der Waals surface area (Å²) >= 11 is 0. The lowest BCUT2D eigenvalue weighted by molar-refractivity contribution is 0.172. The van der Waals surface area contributed by atoms with Crippen LogP contribution in [0.5, 0.6) is 0 Å². The van der Waals surface area contributed by atoms with Gasteiger partial charge >= 0.3 is 0 Å². The van der Waals surface area contributed by atoms with Gasteiger partial charge in [-0.1, -0.05) is 0 Å². The van der Waals surface area contributed by atoms with Crippen LogP contribution in [0.3, 0.4) is 0 Å². The van der Waals surface area contributed by atoms with E-state index in [1.54, 1.807) is 0 Å². The van der Waals surface area contributed by atoms with Crippen molar-refractivity contribution in [1.82, 2.24) is 0 Å². The number of halogens is 1. The van der Waals surface area contributed by atoms with Crippen LogP contribution in [0, 0.1) is 12.7 Å². The molecule has 82 valence electrons. The van der Waals surface area contributed by atoms with Crippen LogP contribution in [0.4, 0.5) is 10.1 Å². The predicted molar refractivity (Wildman–Crippen MR) is 58.4 cm³/mol. The van der Waals surface area contributed by atoms with Gasteiger partial charge in [-0.05, 0) is 49.9 Å². The molecule has 2 N–H and O–H groups in total. The first-order valence-corrected chi connectivity index (χ1v) is 5.37. The Labute approximate surface area is 89.1 Å². The Morgan fingerprint density at radius 3 is 2.73 bits per heavy atom. The molecule has 2 atom stereocenters. The topological polar surface area (TPSA) is 32.3 Å². The SMILES string of the molecule is Cc1cc(F)cc(N[C@H]2CCC[C@@H]2O)c1. The summed E-state index contributed by atoms with van der Waals surface area (Å²) in [5, 5.41) is 12.8. The molecule has 0 heterocycles. The van der Waals surface area contributed by atoms with Crippen molar-refractivity contribution >= 4 is 5.69 Å². The van der Waals surface area contributed by atoms with Gasteiger partial charge in [-0.3, -0.25) is 0 Å². The number of anilines is 1. The van der Waals surface area contributed by atoms with Crippen LogP contribution >= 0.6 is 0 Å². The standard InChI is InChI=1S/C12H16FNO/c1-8-5-9(13)7-10(6-8)14-11-3-2-4-12(11)15/h5-7,11-12,14-15H,2-4H2,1H3/t11-,12-/m0/s1. The molecular weight excluding hydrogens is 193 g/mol. The van der Waals surface area contributed by atoms with E-state index in [0.29, 0.717) is 0 Å². The van der Waals surface area contributed by atoms with E-state index >= 15 is 0 Å². The summed E-state index contributed by atoms with van der Waals surface area (Å²) in [5.41, 5.74) is 1.66. The van der Waals surface area contributed by atoms with Crippen LogP contribution in [0.25, 0.3) is 0 Å². The van der Waals surface area contributed by atoms with Gasteiger partial charge in [-0.25, -0.2) is 4.39 Å². The van der Waals surface area contributed by atoms with Gasteiger partial charge in [0.25, 0.3) is 0 Å². The van der Waals surface area contributed by atoms with Gasteiger partial charge in [0.1, 0.15) is 5.82 Å². The van der Waals surface area contributed by atoms with Crippen molar-refractivity contribution in [2.45, 2.75) is 38.3 Å². The molecule has 0 bridgehead atoms. The van der Waals surface area contributed by atoms with Crippen molar-refractivity contribution < 1.29 is 9.50 Å². The van der Waals surface area contributed by atoms with Crippen molar-refractivity contribution in [3.63, 3.8) is 0 Å². The first-order chi connectivity index (χ1) is 7.15. The first kappa shape index (κ1) is 10.4. The molecule has 0 saturated heterocycles. The maximum Gasteiger partial charge on any atom is 0.125 e. The normalized spacial score (nSPS) is 25.5. The molecule has 2 nitrogen and oxygen atoms in total. The Bertz CT molecular complexity index is 333. The average molecular weight is 209 g/mol. The minimum Gasteiger partial charge on any atom is -0.391 e. The number of aliphatic hydroxyl groups excluding tert-OH is 1. The Hall–Kier alpha value is -1.09. The van der Waals surface area contributed by atoms with Gasteiger partial charge < -0.3 is 10.4 Å². The van der Waals surface area contributed by atoms with Gasteiger partial charge in [0, 0.05) is 5.69 Å². The Kier molecular flexibility index (Phi) is 2.91. The number of rotatable bonds is 2. The number of hydrogen-bond acceptors (Lipinski definition) is 2. The third-order valence-corrected chi connectivity index (χ3v) is 2.87. The summed E-state index contributed by atoms with van der Waals surface area (Å²) in [7, 11) is 0. The predicted octanol–water partition coefficient (Wildman–Crippen LogP) is 2.46. The maximum absolute atomic E-state index is 13.1. The largest absolute Gasteiger partial charge is 0.391 e. The smallest absolute Gasteiger partial charge is 0.125 e. The molecule has 1 saturated carbocycles. The van der Waals surface area contributed by atoms with Gasteiger partial charge in [0.2, 0.25) is 0 Å². The summed E-state index contributed by atoms with van der Waals surface area (Å²) in [6, 6.07) is 4.94. The quantitative estimate of drug-likeness (QED) is 0.784. The molecule has 0 aliphatic heterocycles. The fourth-order valence-corrected chi connectivity index (χ4v) is 2.14. The molecule has 1 aromatic carbocycles. The van der Waals surface area contributed by atoms with Gasteiger partial charge in [-0.15, -0.1) is 0 Å². The second kappa shape index (κ2) is 4.19. The zero-order chi connectivity index (χ0) is 10.8. The lowest BCUT2D eigenvalue weighted by atomic mass is 10.1. The van der Waals surface area contributed by atoms with Gasteiger partial charge in [0.05, 0.1) is 12.1 Å². The van der Waals surface area contributed by atoms with E-state index in [2.05, 4.69) is 5.32 Å². The van der Waals surface area contributed by atoms with Crippen molar-refractivity contribution in [3.8, 4) is 0 Å². The summed E-state index contributed by atoms with van der Waals surface area (Å²) in [6.45, 7) is 1.86. The molecular formula is C12H16FNO. The minimum absolute atomic E-state index is 0.0752. The molecule has 0 aromatic heterocycles. The van der Waals surface area contributed by atoms with E-state index in [1.165, 1.54) is 12.1 Å². The van der Waals surface area contributed by atoms with Crippen LogP contribution in [0.15, 0.2) is 18.2 Å². The first-order valence-electron chi connectivity index (χ1n) is 5.37. The van der Waals surface area contributed by atoms with E-state index in [0.717, 1.165) is 30.5 Å². The van der Waals surface area contributed by atoms with Crippen LogP contribution in [0.1, 0.15) is 24.8 Å². The number of aliphatic hydroxyl groups is 1. The molecule has 0 spiro atoms. The molecule has 0 radical (unpaired) electrons. The number of nitrogens with one attached hydrogen (secondary N) is 1. The number of benzene rings is 1. The minimum atomic E-state index is -0.298. The summed E-state index contributed by atoms with van der Waals surface area (Å²) in [6.07, 6.45) is 2.53. The third kappa shape index (κ3) is 2.48. The molecule has 0 unspecified atom stereocenters. The Balaban J connectivity index is 2.10. The monoisotopic (exact) mass is 209 g/mol. The highest BCUT2D eigenvalue weighted by molar-refractivity contribution is 5.47. The van der Waals surface area contributed by atoms with Crippen molar-refractivity contribution in [1.29, 1.82) is 0 Å². The highest BCUT2D eigenvalue weighted by atomic mass is 19.1. The van der Waals surface area contributed by atoms with E-state index < -0.39 is 0 Å². The van der Waals surface area contributed by atoms with E-state index in [9.17, 15) is 9.50 Å². The molecule has 1 aliphatic rings. The second-order valence-corrected chi connectivity index (χ2v) is 4.27. The highest BCUT2D eigenvalue weighted by Gasteiger charge is 2.24. The van der Waals surface area contributed by atoms with Crippen molar-refractivity contribution in [2.24, 2.45) is 0 Å². The second-order valence-electron chi connectivity index (χ2n) is 4.27. The zero-order valence-electron chi connectivity index (χ0n) is 8.83. The van der Waals surface area contributed by atoms with Crippen LogP contribution < -0.4 is 5.32 Å². The number of hydrogen-bond donors (Lipinski definition) is 2. The summed E-state index contributed by atoms with van der Waals surface area (Å²) in [5.74, 6) is -0.231. The lowest BCUT2D eigenvalue weighted by Gasteiger charge is -2.18. The molecule has 2 rings (SSSR count). The van der Waals surface area contributed by atoms with Crippen molar-refractivity contribution in [3.05, 3.63) is 29.6 Å². The summed E-state index contributed by atoms with van der Waals surface area (Å²) < 4.78 is 13.1. The fraction of sp³-hybridized carbons (Fsp3) is 0.500. The van der Waals surface area contributed by atoms with Gasteiger partial charge in [-0.2, -0.15) is 0 Å². The van der Waals surface area contributed by atoms with Crippen molar-refractivity contribution in [2.75, 3.05) is 5.32 Å². The van der Waals surface area contributed by atoms with Gasteiger partial charge in [0.15, 0.2) is 0 Å². The molecule has 0 amide bonds. The third-order valence-electron chi connectivity index (χ3n) is 2.87. The average Bonchev–Trinajstić information content (AvgIpc) is 2.50. The van der Waals surface area contributed by atoms with Crippen LogP contribution in [0.2, 0.25) is 0 Å².